The molecule has 1 aromatic carbocycles. The average molecular weight is 349 g/mol. The highest BCUT2D eigenvalue weighted by Crippen LogP contribution is 2.35. The van der Waals surface area contributed by atoms with Crippen molar-refractivity contribution in [1.29, 1.82) is 0 Å². The predicted molar refractivity (Wildman–Crippen MR) is 90.2 cm³/mol. The van der Waals surface area contributed by atoms with E-state index < -0.39 is 0 Å². The van der Waals surface area contributed by atoms with Crippen LogP contribution in [0.15, 0.2) is 23.4 Å². The molecule has 8 nitrogen and oxygen atoms in total. The Kier molecular flexibility index (Phi) is 5.09. The molecule has 1 aliphatic rings. The molecule has 1 aliphatic heterocycles. The highest BCUT2D eigenvalue weighted by molar-refractivity contribution is 7.99. The molecule has 128 valence electrons. The van der Waals surface area contributed by atoms with E-state index in [-0.39, 0.29) is 23.5 Å². The normalized spacial score (nSPS) is 16.1. The van der Waals surface area contributed by atoms with Gasteiger partial charge in [0.1, 0.15) is 0 Å². The first-order valence-corrected chi connectivity index (χ1v) is 8.50. The molecule has 0 saturated heterocycles. The lowest BCUT2D eigenvalue weighted by atomic mass is 9.96. The van der Waals surface area contributed by atoms with E-state index in [9.17, 15) is 4.79 Å². The van der Waals surface area contributed by atoms with Crippen LogP contribution in [-0.2, 0) is 11.2 Å². The predicted octanol–water partition coefficient (Wildman–Crippen LogP) is 0.855. The standard InChI is InChI=1S/C15H19N5O3S/c1-22-11-4-2-3-10-5-9(7-23-13(10)11)6-17-12(21)8-24-15-18-14(16)19-20-15/h2-4,9H,5-8H2,1H3,(H,17,21)(H3,16,18,19,20)/t9-/m1/s1. The number of H-pyrrole nitrogens is 1. The number of nitrogens with two attached hydrogens (primary N) is 1. The molecule has 3 rings (SSSR count). The Hall–Kier alpha value is -2.42. The van der Waals surface area contributed by atoms with Crippen molar-refractivity contribution in [2.45, 2.75) is 11.6 Å². The summed E-state index contributed by atoms with van der Waals surface area (Å²) in [4.78, 5) is 15.9. The fourth-order valence-corrected chi connectivity index (χ4v) is 3.15. The maximum absolute atomic E-state index is 11.9. The van der Waals surface area contributed by atoms with Gasteiger partial charge in [-0.1, -0.05) is 23.9 Å². The molecule has 0 unspecified atom stereocenters. The first kappa shape index (κ1) is 16.4. The molecule has 4 N–H and O–H groups in total. The second kappa shape index (κ2) is 7.43. The van der Waals surface area contributed by atoms with E-state index in [1.165, 1.54) is 11.8 Å². The molecule has 0 fully saturated rings. The first-order chi connectivity index (χ1) is 11.7. The van der Waals surface area contributed by atoms with Crippen LogP contribution in [0, 0.1) is 5.92 Å². The van der Waals surface area contributed by atoms with Gasteiger partial charge in [-0.15, -0.1) is 5.10 Å². The topological polar surface area (TPSA) is 115 Å². The maximum atomic E-state index is 11.9. The number of para-hydroxylation sites is 1. The zero-order valence-electron chi connectivity index (χ0n) is 13.2. The van der Waals surface area contributed by atoms with Crippen LogP contribution in [-0.4, -0.2) is 47.1 Å². The number of methoxy groups -OCH3 is 1. The molecule has 2 aromatic rings. The summed E-state index contributed by atoms with van der Waals surface area (Å²) >= 11 is 1.24. The summed E-state index contributed by atoms with van der Waals surface area (Å²) < 4.78 is 11.1. The number of carbonyl (C=O) groups is 1. The van der Waals surface area contributed by atoms with Gasteiger partial charge in [-0.2, -0.15) is 4.98 Å². The van der Waals surface area contributed by atoms with Crippen molar-refractivity contribution < 1.29 is 14.3 Å². The lowest BCUT2D eigenvalue weighted by Crippen LogP contribution is -2.35. The third-order valence-electron chi connectivity index (χ3n) is 3.65. The average Bonchev–Trinajstić information content (AvgIpc) is 3.02. The summed E-state index contributed by atoms with van der Waals surface area (Å²) in [6.07, 6.45) is 0.845. The summed E-state index contributed by atoms with van der Waals surface area (Å²) in [6.45, 7) is 1.12. The van der Waals surface area contributed by atoms with Crippen molar-refractivity contribution in [2.75, 3.05) is 31.7 Å². The minimum atomic E-state index is -0.0696. The highest BCUT2D eigenvalue weighted by Gasteiger charge is 2.23. The van der Waals surface area contributed by atoms with Crippen molar-refractivity contribution in [1.82, 2.24) is 20.5 Å². The molecule has 2 heterocycles. The smallest absolute Gasteiger partial charge is 0.230 e. The quantitative estimate of drug-likeness (QED) is 0.662. The van der Waals surface area contributed by atoms with Crippen LogP contribution in [0.25, 0.3) is 0 Å². The lowest BCUT2D eigenvalue weighted by molar-refractivity contribution is -0.118. The van der Waals surface area contributed by atoms with E-state index in [0.717, 1.165) is 23.5 Å². The van der Waals surface area contributed by atoms with Gasteiger partial charge in [0.2, 0.25) is 17.0 Å². The number of benzene rings is 1. The van der Waals surface area contributed by atoms with Gasteiger partial charge in [0.15, 0.2) is 11.5 Å². The number of nitrogen functional groups attached to an aromatic ring is 1. The van der Waals surface area contributed by atoms with Crippen LogP contribution >= 0.6 is 11.8 Å². The number of ether oxygens (including phenoxy) is 2. The molecule has 0 spiro atoms. The van der Waals surface area contributed by atoms with Gasteiger partial charge in [-0.05, 0) is 18.1 Å². The van der Waals surface area contributed by atoms with Gasteiger partial charge in [-0.25, -0.2) is 5.10 Å². The molecule has 24 heavy (non-hydrogen) atoms. The Morgan fingerprint density at radius 1 is 1.58 bits per heavy atom. The van der Waals surface area contributed by atoms with Crippen LogP contribution in [0.5, 0.6) is 11.5 Å². The van der Waals surface area contributed by atoms with E-state index >= 15 is 0 Å². The maximum Gasteiger partial charge on any atom is 0.230 e. The fraction of sp³-hybridized carbons (Fsp3) is 0.400. The van der Waals surface area contributed by atoms with Crippen molar-refractivity contribution >= 4 is 23.6 Å². The zero-order chi connectivity index (χ0) is 16.9. The fourth-order valence-electron chi connectivity index (χ4n) is 2.51. The summed E-state index contributed by atoms with van der Waals surface area (Å²) in [5, 5.41) is 9.78. The minimum absolute atomic E-state index is 0.0696. The van der Waals surface area contributed by atoms with Gasteiger partial charge >= 0.3 is 0 Å². The Labute approximate surface area is 143 Å². The van der Waals surface area contributed by atoms with E-state index in [1.807, 2.05) is 18.2 Å². The first-order valence-electron chi connectivity index (χ1n) is 7.51. The summed E-state index contributed by atoms with van der Waals surface area (Å²) in [6, 6.07) is 5.85. The number of rotatable bonds is 6. The number of aromatic nitrogens is 3. The number of thioether (sulfide) groups is 1. The van der Waals surface area contributed by atoms with Gasteiger partial charge < -0.3 is 20.5 Å². The third-order valence-corrected chi connectivity index (χ3v) is 4.50. The van der Waals surface area contributed by atoms with Gasteiger partial charge in [0, 0.05) is 12.5 Å². The van der Waals surface area contributed by atoms with Crippen LogP contribution in [0.2, 0.25) is 0 Å². The van der Waals surface area contributed by atoms with Crippen molar-refractivity contribution in [3.8, 4) is 11.5 Å². The molecule has 0 aliphatic carbocycles. The van der Waals surface area contributed by atoms with E-state index in [4.69, 9.17) is 15.2 Å². The van der Waals surface area contributed by atoms with Crippen molar-refractivity contribution in [2.24, 2.45) is 5.92 Å². The largest absolute Gasteiger partial charge is 0.493 e. The number of anilines is 1. The van der Waals surface area contributed by atoms with Crippen LogP contribution in [0.3, 0.4) is 0 Å². The van der Waals surface area contributed by atoms with Crippen LogP contribution < -0.4 is 20.5 Å². The lowest BCUT2D eigenvalue weighted by Gasteiger charge is -2.26. The number of aromatic amines is 1. The molecule has 0 saturated carbocycles. The molecular weight excluding hydrogens is 330 g/mol. The molecule has 1 amide bonds. The number of carbonyl (C=O) groups excluding carboxylic acids is 1. The molecule has 0 bridgehead atoms. The van der Waals surface area contributed by atoms with Gasteiger partial charge in [0.25, 0.3) is 0 Å². The number of hydrogen-bond donors (Lipinski definition) is 3. The van der Waals surface area contributed by atoms with E-state index in [0.29, 0.717) is 18.3 Å². The second-order valence-corrected chi connectivity index (χ2v) is 6.37. The number of amides is 1. The molecule has 0 radical (unpaired) electrons. The Morgan fingerprint density at radius 3 is 3.21 bits per heavy atom. The van der Waals surface area contributed by atoms with Crippen LogP contribution in [0.4, 0.5) is 5.95 Å². The number of nitrogens with zero attached hydrogens (tertiary/aromatic N) is 2. The van der Waals surface area contributed by atoms with E-state index in [2.05, 4.69) is 20.5 Å². The molecular formula is C15H19N5O3S. The summed E-state index contributed by atoms with van der Waals surface area (Å²) in [7, 11) is 1.63. The highest BCUT2D eigenvalue weighted by atomic mass is 32.2. The Morgan fingerprint density at radius 2 is 2.46 bits per heavy atom. The molecule has 1 aromatic heterocycles. The SMILES string of the molecule is COc1cccc2c1OC[C@@H](CNC(=O)CSc1n[nH]c(N)n1)C2. The van der Waals surface area contributed by atoms with Crippen molar-refractivity contribution in [3.63, 3.8) is 0 Å². The molecule has 1 atom stereocenters. The summed E-state index contributed by atoms with van der Waals surface area (Å²) in [5.74, 6) is 2.20. The zero-order valence-corrected chi connectivity index (χ0v) is 14.1. The van der Waals surface area contributed by atoms with Crippen LogP contribution in [0.1, 0.15) is 5.56 Å². The Bertz CT molecular complexity index is 721. The minimum Gasteiger partial charge on any atom is -0.493 e. The molecule has 9 heteroatoms. The van der Waals surface area contributed by atoms with Crippen molar-refractivity contribution in [3.05, 3.63) is 23.8 Å². The third kappa shape index (κ3) is 3.91. The Balaban J connectivity index is 1.46. The number of hydrogen-bond acceptors (Lipinski definition) is 7. The van der Waals surface area contributed by atoms with E-state index in [1.54, 1.807) is 7.11 Å². The number of fused-ring (bicyclic) bond motifs is 1. The van der Waals surface area contributed by atoms with Gasteiger partial charge in [0.05, 0.1) is 19.5 Å². The monoisotopic (exact) mass is 349 g/mol. The second-order valence-electron chi connectivity index (χ2n) is 5.43. The van der Waals surface area contributed by atoms with Gasteiger partial charge in [-0.3, -0.25) is 4.79 Å². The number of nitrogens with one attached hydrogen (secondary N) is 2. The summed E-state index contributed by atoms with van der Waals surface area (Å²) in [5.41, 5.74) is 6.54.